The first-order valence-electron chi connectivity index (χ1n) is 12.6. The first-order chi connectivity index (χ1) is 18.2. The Morgan fingerprint density at radius 1 is 1.32 bits per heavy atom. The molecule has 4 aromatic rings. The van der Waals surface area contributed by atoms with Gasteiger partial charge in [-0.2, -0.15) is 10.2 Å². The number of nitrogens with one attached hydrogen (secondary N) is 1. The molecule has 37 heavy (non-hydrogen) atoms. The molecule has 3 aromatic heterocycles. The van der Waals surface area contributed by atoms with Gasteiger partial charge < -0.3 is 9.64 Å². The van der Waals surface area contributed by atoms with E-state index < -0.39 is 0 Å². The van der Waals surface area contributed by atoms with Crippen LogP contribution < -0.4 is 0 Å². The van der Waals surface area contributed by atoms with Gasteiger partial charge in [0.05, 0.1) is 35.5 Å². The van der Waals surface area contributed by atoms with Crippen LogP contribution in [0.2, 0.25) is 0 Å². The second-order valence-electron chi connectivity index (χ2n) is 9.53. The zero-order chi connectivity index (χ0) is 25.2. The largest absolute Gasteiger partial charge is 0.383 e. The third-order valence-electron chi connectivity index (χ3n) is 7.09. The van der Waals surface area contributed by atoms with Crippen LogP contribution >= 0.6 is 11.3 Å². The van der Waals surface area contributed by atoms with Crippen LogP contribution in [-0.2, 0) is 22.5 Å². The van der Waals surface area contributed by atoms with Crippen LogP contribution in [0.3, 0.4) is 0 Å². The molecular formula is C28H28N6O2S. The van der Waals surface area contributed by atoms with Gasteiger partial charge in [-0.25, -0.2) is 9.67 Å². The van der Waals surface area contributed by atoms with E-state index in [1.807, 2.05) is 9.58 Å². The molecule has 0 unspecified atom stereocenters. The lowest BCUT2D eigenvalue weighted by atomic mass is 10.1. The minimum absolute atomic E-state index is 0.178. The van der Waals surface area contributed by atoms with E-state index in [0.29, 0.717) is 26.0 Å². The van der Waals surface area contributed by atoms with Crippen molar-refractivity contribution in [3.8, 4) is 34.4 Å². The number of aromatic nitrogens is 5. The SMILES string of the molecule is COC[C@@H]1CCCN1C(=O)CCC#Cc1cc(-c2n[nH]c3c2Cc2ccc(Cn4cncn4)cc2-3)cs1. The molecular weight excluding hydrogens is 484 g/mol. The zero-order valence-corrected chi connectivity index (χ0v) is 21.6. The van der Waals surface area contributed by atoms with Gasteiger partial charge in [-0.1, -0.05) is 24.0 Å². The number of fused-ring (bicyclic) bond motifs is 3. The minimum Gasteiger partial charge on any atom is -0.383 e. The number of rotatable bonds is 7. The average molecular weight is 513 g/mol. The number of H-pyrrole nitrogens is 1. The quantitative estimate of drug-likeness (QED) is 0.332. The molecule has 1 saturated heterocycles. The summed E-state index contributed by atoms with van der Waals surface area (Å²) < 4.78 is 7.08. The molecule has 0 spiro atoms. The number of methoxy groups -OCH3 is 1. The Bertz CT molecular complexity index is 1480. The number of aromatic amines is 1. The molecule has 1 fully saturated rings. The standard InChI is InChI=1S/C28H28N6O2S/c1-36-15-22-5-4-10-34(22)26(35)7-3-2-6-23-12-21(16-37-23)27-25-13-20-9-8-19(14-33-18-29-17-30-33)11-24(20)28(25)32-31-27/h8-9,11-12,16-18,22H,3-5,7,10,13-15H2,1H3,(H,31,32)/t22-/m0/s1. The number of carbonyl (C=O) groups is 1. The van der Waals surface area contributed by atoms with Crippen molar-refractivity contribution in [3.63, 3.8) is 0 Å². The van der Waals surface area contributed by atoms with Crippen LogP contribution in [0.4, 0.5) is 0 Å². The van der Waals surface area contributed by atoms with E-state index in [4.69, 9.17) is 4.74 Å². The van der Waals surface area contributed by atoms with Crippen LogP contribution in [0, 0.1) is 11.8 Å². The molecule has 0 bridgehead atoms. The Labute approximate surface area is 219 Å². The summed E-state index contributed by atoms with van der Waals surface area (Å²) in [6.07, 6.45) is 7.23. The van der Waals surface area contributed by atoms with Gasteiger partial charge in [0, 0.05) is 55.0 Å². The van der Waals surface area contributed by atoms with E-state index in [1.165, 1.54) is 22.3 Å². The van der Waals surface area contributed by atoms with Crippen LogP contribution in [0.1, 0.15) is 47.3 Å². The summed E-state index contributed by atoms with van der Waals surface area (Å²) in [7, 11) is 1.69. The number of carbonyl (C=O) groups excluding carboxylic acids is 1. The minimum atomic E-state index is 0.178. The van der Waals surface area contributed by atoms with Crippen molar-refractivity contribution < 1.29 is 9.53 Å². The number of thiophene rings is 1. The Hall–Kier alpha value is -3.74. The van der Waals surface area contributed by atoms with E-state index in [1.54, 1.807) is 31.1 Å². The highest BCUT2D eigenvalue weighted by atomic mass is 32.1. The zero-order valence-electron chi connectivity index (χ0n) is 20.7. The molecule has 9 heteroatoms. The predicted molar refractivity (Wildman–Crippen MR) is 142 cm³/mol. The third-order valence-corrected chi connectivity index (χ3v) is 7.94. The number of likely N-dealkylation sites (tertiary alicyclic amines) is 1. The maximum absolute atomic E-state index is 12.6. The van der Waals surface area contributed by atoms with Gasteiger partial charge in [0.25, 0.3) is 0 Å². The van der Waals surface area contributed by atoms with Gasteiger partial charge in [0.15, 0.2) is 0 Å². The van der Waals surface area contributed by atoms with E-state index in [9.17, 15) is 4.79 Å². The lowest BCUT2D eigenvalue weighted by molar-refractivity contribution is -0.132. The second kappa shape index (κ2) is 10.3. The molecule has 1 atom stereocenters. The fourth-order valence-electron chi connectivity index (χ4n) is 5.32. The molecule has 188 valence electrons. The van der Waals surface area contributed by atoms with Crippen LogP contribution in [0.15, 0.2) is 42.3 Å². The summed E-state index contributed by atoms with van der Waals surface area (Å²) in [4.78, 5) is 19.6. The van der Waals surface area contributed by atoms with Crippen molar-refractivity contribution in [1.29, 1.82) is 0 Å². The first-order valence-corrected chi connectivity index (χ1v) is 13.5. The molecule has 1 aliphatic carbocycles. The molecule has 6 rings (SSSR count). The number of benzene rings is 1. The smallest absolute Gasteiger partial charge is 0.223 e. The summed E-state index contributed by atoms with van der Waals surface area (Å²) in [5.74, 6) is 6.62. The highest BCUT2D eigenvalue weighted by Crippen LogP contribution is 2.41. The van der Waals surface area contributed by atoms with Crippen molar-refractivity contribution in [2.75, 3.05) is 20.3 Å². The van der Waals surface area contributed by atoms with Crippen LogP contribution in [-0.4, -0.2) is 62.1 Å². The molecule has 1 amide bonds. The molecule has 8 nitrogen and oxygen atoms in total. The number of hydrogen-bond donors (Lipinski definition) is 1. The van der Waals surface area contributed by atoms with Gasteiger partial charge in [-0.05, 0) is 36.1 Å². The molecule has 1 N–H and O–H groups in total. The topological polar surface area (TPSA) is 88.9 Å². The van der Waals surface area contributed by atoms with Crippen molar-refractivity contribution in [1.82, 2.24) is 29.9 Å². The predicted octanol–water partition coefficient (Wildman–Crippen LogP) is 4.12. The monoisotopic (exact) mass is 512 g/mol. The highest BCUT2D eigenvalue weighted by Gasteiger charge is 2.28. The summed E-state index contributed by atoms with van der Waals surface area (Å²) in [5, 5.41) is 14.3. The fourth-order valence-corrected chi connectivity index (χ4v) is 6.08. The van der Waals surface area contributed by atoms with Crippen molar-refractivity contribution in [3.05, 3.63) is 63.9 Å². The van der Waals surface area contributed by atoms with E-state index in [0.717, 1.165) is 47.6 Å². The van der Waals surface area contributed by atoms with E-state index >= 15 is 0 Å². The van der Waals surface area contributed by atoms with Gasteiger partial charge in [0.2, 0.25) is 5.91 Å². The van der Waals surface area contributed by atoms with E-state index in [2.05, 4.69) is 61.8 Å². The molecule has 0 radical (unpaired) electrons. The number of ether oxygens (including phenoxy) is 1. The Balaban J connectivity index is 1.11. The van der Waals surface area contributed by atoms with Crippen molar-refractivity contribution in [2.45, 2.75) is 44.7 Å². The molecule has 0 saturated carbocycles. The van der Waals surface area contributed by atoms with Gasteiger partial charge >= 0.3 is 0 Å². The lowest BCUT2D eigenvalue weighted by Gasteiger charge is -2.23. The second-order valence-corrected chi connectivity index (χ2v) is 10.4. The molecule has 1 aromatic carbocycles. The Kier molecular flexibility index (Phi) is 6.60. The van der Waals surface area contributed by atoms with Gasteiger partial charge in [-0.15, -0.1) is 11.3 Å². The normalized spacial score (nSPS) is 15.9. The summed E-state index contributed by atoms with van der Waals surface area (Å²) >= 11 is 1.62. The third kappa shape index (κ3) is 4.82. The van der Waals surface area contributed by atoms with Gasteiger partial charge in [0.1, 0.15) is 12.7 Å². The maximum Gasteiger partial charge on any atom is 0.223 e. The summed E-state index contributed by atoms with van der Waals surface area (Å²) in [6, 6.07) is 8.89. The van der Waals surface area contributed by atoms with Crippen LogP contribution in [0.5, 0.6) is 0 Å². The average Bonchev–Trinajstić information content (AvgIpc) is 3.72. The molecule has 2 aliphatic rings. The Morgan fingerprint density at radius 3 is 3.14 bits per heavy atom. The van der Waals surface area contributed by atoms with Gasteiger partial charge in [-0.3, -0.25) is 9.89 Å². The number of hydrogen-bond acceptors (Lipinski definition) is 6. The maximum atomic E-state index is 12.6. The molecule has 4 heterocycles. The van der Waals surface area contributed by atoms with E-state index in [-0.39, 0.29) is 11.9 Å². The highest BCUT2D eigenvalue weighted by molar-refractivity contribution is 7.11. The summed E-state index contributed by atoms with van der Waals surface area (Å²) in [5.41, 5.74) is 8.08. The fraction of sp³-hybridized carbons (Fsp3) is 0.357. The first kappa shape index (κ1) is 23.6. The van der Waals surface area contributed by atoms with Crippen molar-refractivity contribution in [2.24, 2.45) is 0 Å². The van der Waals surface area contributed by atoms with Crippen LogP contribution in [0.25, 0.3) is 22.5 Å². The molecule has 1 aliphatic heterocycles. The number of nitrogens with zero attached hydrogens (tertiary/aromatic N) is 5. The Morgan fingerprint density at radius 2 is 2.27 bits per heavy atom. The summed E-state index contributed by atoms with van der Waals surface area (Å²) in [6.45, 7) is 2.13. The van der Waals surface area contributed by atoms with Crippen molar-refractivity contribution >= 4 is 17.2 Å². The number of amides is 1. The lowest BCUT2D eigenvalue weighted by Crippen LogP contribution is -2.37.